The Bertz CT molecular complexity index is 459. The van der Waals surface area contributed by atoms with Crippen LogP contribution in [0.1, 0.15) is 25.3 Å². The Morgan fingerprint density at radius 3 is 2.70 bits per heavy atom. The van der Waals surface area contributed by atoms with E-state index in [1.807, 2.05) is 31.2 Å². The van der Waals surface area contributed by atoms with Gasteiger partial charge in [-0.3, -0.25) is 9.59 Å². The number of carboxylic acids is 1. The molecule has 0 aliphatic carbocycles. The normalized spacial score (nSPS) is 10.1. The van der Waals surface area contributed by atoms with Crippen molar-refractivity contribution >= 4 is 11.9 Å². The van der Waals surface area contributed by atoms with Crippen molar-refractivity contribution in [2.45, 2.75) is 26.2 Å². The first-order chi connectivity index (χ1) is 9.56. The molecule has 0 aliphatic heterocycles. The summed E-state index contributed by atoms with van der Waals surface area (Å²) in [7, 11) is 1.60. The number of hydrogen-bond acceptors (Lipinski definition) is 3. The largest absolute Gasteiger partial charge is 0.497 e. The summed E-state index contributed by atoms with van der Waals surface area (Å²) in [4.78, 5) is 24.2. The van der Waals surface area contributed by atoms with Gasteiger partial charge in [0.05, 0.1) is 7.11 Å². The summed E-state index contributed by atoms with van der Waals surface area (Å²) in [5.41, 5.74) is 1.00. The minimum absolute atomic E-state index is 0.128. The van der Waals surface area contributed by atoms with Gasteiger partial charge in [-0.1, -0.05) is 19.1 Å². The molecule has 5 nitrogen and oxygen atoms in total. The van der Waals surface area contributed by atoms with Crippen LogP contribution in [0.25, 0.3) is 0 Å². The van der Waals surface area contributed by atoms with Crippen molar-refractivity contribution in [1.29, 1.82) is 0 Å². The number of nitrogens with zero attached hydrogens (tertiary/aromatic N) is 1. The molecule has 0 aromatic heterocycles. The van der Waals surface area contributed by atoms with Crippen LogP contribution in [0, 0.1) is 0 Å². The van der Waals surface area contributed by atoms with Crippen LogP contribution in [0.2, 0.25) is 0 Å². The molecule has 1 aromatic rings. The Balaban J connectivity index is 2.57. The Morgan fingerprint density at radius 2 is 2.10 bits per heavy atom. The van der Waals surface area contributed by atoms with E-state index in [1.165, 1.54) is 4.90 Å². The summed E-state index contributed by atoms with van der Waals surface area (Å²) in [6.45, 7) is 2.16. The Hall–Kier alpha value is -2.04. The third-order valence-electron chi connectivity index (χ3n) is 2.93. The molecule has 0 atom stereocenters. The zero-order valence-electron chi connectivity index (χ0n) is 12.0. The van der Waals surface area contributed by atoms with Crippen LogP contribution in [-0.4, -0.2) is 42.1 Å². The molecule has 0 saturated carbocycles. The predicted molar refractivity (Wildman–Crippen MR) is 75.8 cm³/mol. The number of aliphatic carboxylic acids is 1. The average molecular weight is 279 g/mol. The number of hydrogen-bond donors (Lipinski definition) is 1. The third kappa shape index (κ3) is 5.30. The van der Waals surface area contributed by atoms with E-state index in [4.69, 9.17) is 9.84 Å². The molecule has 0 bridgehead atoms. The van der Waals surface area contributed by atoms with E-state index in [0.29, 0.717) is 19.4 Å². The number of aryl methyl sites for hydroxylation is 1. The summed E-state index contributed by atoms with van der Waals surface area (Å²) < 4.78 is 5.13. The van der Waals surface area contributed by atoms with Crippen molar-refractivity contribution < 1.29 is 19.4 Å². The van der Waals surface area contributed by atoms with Crippen LogP contribution >= 0.6 is 0 Å². The highest BCUT2D eigenvalue weighted by Crippen LogP contribution is 2.14. The second-order valence-corrected chi connectivity index (χ2v) is 4.56. The van der Waals surface area contributed by atoms with E-state index < -0.39 is 5.97 Å². The molecule has 1 amide bonds. The number of carbonyl (C=O) groups is 2. The zero-order chi connectivity index (χ0) is 15.0. The SMILES string of the molecule is CCCN(CC(=O)O)C(=O)CCc1cccc(OC)c1. The second kappa shape index (κ2) is 8.19. The number of ether oxygens (including phenoxy) is 1. The molecule has 20 heavy (non-hydrogen) atoms. The number of benzene rings is 1. The Kier molecular flexibility index (Phi) is 6.56. The molecule has 0 spiro atoms. The first-order valence-electron chi connectivity index (χ1n) is 6.69. The van der Waals surface area contributed by atoms with Crippen molar-refractivity contribution in [3.8, 4) is 5.75 Å². The van der Waals surface area contributed by atoms with E-state index in [9.17, 15) is 9.59 Å². The van der Waals surface area contributed by atoms with Gasteiger partial charge in [0.25, 0.3) is 0 Å². The maximum Gasteiger partial charge on any atom is 0.323 e. The lowest BCUT2D eigenvalue weighted by atomic mass is 10.1. The highest BCUT2D eigenvalue weighted by atomic mass is 16.5. The van der Waals surface area contributed by atoms with Crippen molar-refractivity contribution in [3.05, 3.63) is 29.8 Å². The lowest BCUT2D eigenvalue weighted by molar-refractivity contribution is -0.144. The van der Waals surface area contributed by atoms with Gasteiger partial charge in [0.15, 0.2) is 0 Å². The Morgan fingerprint density at radius 1 is 1.35 bits per heavy atom. The van der Waals surface area contributed by atoms with Crippen LogP contribution in [0.4, 0.5) is 0 Å². The minimum atomic E-state index is -0.979. The maximum absolute atomic E-state index is 12.0. The monoisotopic (exact) mass is 279 g/mol. The molecule has 5 heteroatoms. The highest BCUT2D eigenvalue weighted by Gasteiger charge is 2.15. The molecular formula is C15H21NO4. The smallest absolute Gasteiger partial charge is 0.323 e. The van der Waals surface area contributed by atoms with Gasteiger partial charge in [-0.15, -0.1) is 0 Å². The summed E-state index contributed by atoms with van der Waals surface area (Å²) in [5.74, 6) is -0.351. The molecule has 0 radical (unpaired) electrons. The highest BCUT2D eigenvalue weighted by molar-refractivity contribution is 5.81. The molecule has 1 aromatic carbocycles. The van der Waals surface area contributed by atoms with Gasteiger partial charge in [0.2, 0.25) is 5.91 Å². The minimum Gasteiger partial charge on any atom is -0.497 e. The number of amides is 1. The third-order valence-corrected chi connectivity index (χ3v) is 2.93. The van der Waals surface area contributed by atoms with Crippen LogP contribution in [-0.2, 0) is 16.0 Å². The maximum atomic E-state index is 12.0. The Labute approximate surface area is 119 Å². The fourth-order valence-electron chi connectivity index (χ4n) is 1.96. The number of methoxy groups -OCH3 is 1. The lowest BCUT2D eigenvalue weighted by Crippen LogP contribution is -2.36. The molecule has 110 valence electrons. The van der Waals surface area contributed by atoms with Crippen molar-refractivity contribution in [2.75, 3.05) is 20.2 Å². The van der Waals surface area contributed by atoms with Gasteiger partial charge in [-0.25, -0.2) is 0 Å². The number of rotatable bonds is 8. The molecule has 0 fully saturated rings. The van der Waals surface area contributed by atoms with Crippen molar-refractivity contribution in [3.63, 3.8) is 0 Å². The van der Waals surface area contributed by atoms with Crippen LogP contribution < -0.4 is 4.74 Å². The van der Waals surface area contributed by atoms with Crippen LogP contribution in [0.3, 0.4) is 0 Å². The topological polar surface area (TPSA) is 66.8 Å². The van der Waals surface area contributed by atoms with Gasteiger partial charge < -0.3 is 14.7 Å². The first-order valence-corrected chi connectivity index (χ1v) is 6.69. The fourth-order valence-corrected chi connectivity index (χ4v) is 1.96. The van der Waals surface area contributed by atoms with Gasteiger partial charge in [0.1, 0.15) is 12.3 Å². The van der Waals surface area contributed by atoms with Gasteiger partial charge in [-0.05, 0) is 30.5 Å². The van der Waals surface area contributed by atoms with Gasteiger partial charge in [-0.2, -0.15) is 0 Å². The lowest BCUT2D eigenvalue weighted by Gasteiger charge is -2.19. The molecule has 0 aliphatic rings. The quantitative estimate of drug-likeness (QED) is 0.790. The van der Waals surface area contributed by atoms with Crippen LogP contribution in [0.5, 0.6) is 5.75 Å². The summed E-state index contributed by atoms with van der Waals surface area (Å²) >= 11 is 0. The molecule has 1 N–H and O–H groups in total. The van der Waals surface area contributed by atoms with E-state index in [-0.39, 0.29) is 12.5 Å². The summed E-state index contributed by atoms with van der Waals surface area (Å²) in [6.07, 6.45) is 1.63. The first kappa shape index (κ1) is 16.0. The average Bonchev–Trinajstić information content (AvgIpc) is 2.44. The fraction of sp³-hybridized carbons (Fsp3) is 0.467. The van der Waals surface area contributed by atoms with Crippen molar-refractivity contribution in [2.24, 2.45) is 0 Å². The molecular weight excluding hydrogens is 258 g/mol. The van der Waals surface area contributed by atoms with Gasteiger partial charge >= 0.3 is 5.97 Å². The molecule has 1 rings (SSSR count). The van der Waals surface area contributed by atoms with E-state index in [1.54, 1.807) is 7.11 Å². The van der Waals surface area contributed by atoms with E-state index in [0.717, 1.165) is 17.7 Å². The van der Waals surface area contributed by atoms with E-state index >= 15 is 0 Å². The zero-order valence-corrected chi connectivity index (χ0v) is 12.0. The van der Waals surface area contributed by atoms with Gasteiger partial charge in [0, 0.05) is 13.0 Å². The predicted octanol–water partition coefficient (Wildman–Crippen LogP) is 1.95. The molecule has 0 saturated heterocycles. The van der Waals surface area contributed by atoms with Crippen LogP contribution in [0.15, 0.2) is 24.3 Å². The summed E-state index contributed by atoms with van der Waals surface area (Å²) in [5, 5.41) is 8.80. The number of carbonyl (C=O) groups excluding carboxylic acids is 1. The van der Waals surface area contributed by atoms with Crippen molar-refractivity contribution in [1.82, 2.24) is 4.90 Å². The summed E-state index contributed by atoms with van der Waals surface area (Å²) in [6, 6.07) is 7.53. The standard InChI is InChI=1S/C15H21NO4/c1-3-9-16(11-15(18)19)14(17)8-7-12-5-4-6-13(10-12)20-2/h4-6,10H,3,7-9,11H2,1-2H3,(H,18,19). The number of carboxylic acid groups (broad SMARTS) is 1. The van der Waals surface area contributed by atoms with E-state index in [2.05, 4.69) is 0 Å². The molecule has 0 heterocycles. The molecule has 0 unspecified atom stereocenters. The second-order valence-electron chi connectivity index (χ2n) is 4.56.